The van der Waals surface area contributed by atoms with Crippen molar-refractivity contribution in [2.75, 3.05) is 12.4 Å². The molecule has 0 aliphatic heterocycles. The van der Waals surface area contributed by atoms with Gasteiger partial charge in [-0.3, -0.25) is 4.90 Å². The summed E-state index contributed by atoms with van der Waals surface area (Å²) < 4.78 is 0. The highest BCUT2D eigenvalue weighted by molar-refractivity contribution is 7.09. The van der Waals surface area contributed by atoms with Crippen LogP contribution in [0, 0.1) is 0 Å². The van der Waals surface area contributed by atoms with Crippen LogP contribution in [0.1, 0.15) is 18.7 Å². The summed E-state index contributed by atoms with van der Waals surface area (Å²) in [7, 11) is 0. The topological polar surface area (TPSA) is 23.5 Å². The first kappa shape index (κ1) is 13.0. The lowest BCUT2D eigenvalue weighted by atomic mass is 10.2. The molecule has 0 aliphatic rings. The second kappa shape index (κ2) is 6.48. The van der Waals surface area contributed by atoms with E-state index in [1.165, 1.54) is 4.88 Å². The molecule has 1 unspecified atom stereocenters. The molecule has 0 fully saturated rings. The maximum absolute atomic E-state index is 9.54. The minimum atomic E-state index is -0.436. The summed E-state index contributed by atoms with van der Waals surface area (Å²) in [6.45, 7) is 5.80. The third-order valence-electron chi connectivity index (χ3n) is 2.29. The zero-order chi connectivity index (χ0) is 11.3. The van der Waals surface area contributed by atoms with Gasteiger partial charge in [-0.15, -0.1) is 22.9 Å². The van der Waals surface area contributed by atoms with E-state index in [0.717, 1.165) is 6.54 Å². The first-order valence-electron chi connectivity index (χ1n) is 5.14. The van der Waals surface area contributed by atoms with Gasteiger partial charge in [-0.05, 0) is 25.3 Å². The molecule has 0 spiro atoms. The molecule has 1 heterocycles. The van der Waals surface area contributed by atoms with Gasteiger partial charge in [0.1, 0.15) is 0 Å². The monoisotopic (exact) mass is 247 g/mol. The molecule has 4 heteroatoms. The summed E-state index contributed by atoms with van der Waals surface area (Å²) >= 11 is 7.36. The number of aliphatic hydroxyl groups is 1. The van der Waals surface area contributed by atoms with E-state index < -0.39 is 6.10 Å². The van der Waals surface area contributed by atoms with Crippen LogP contribution in [0.2, 0.25) is 0 Å². The van der Waals surface area contributed by atoms with E-state index in [9.17, 15) is 5.11 Å². The Bertz CT molecular complexity index is 264. The number of hydrogen-bond donors (Lipinski definition) is 1. The summed E-state index contributed by atoms with van der Waals surface area (Å²) in [5, 5.41) is 11.6. The third-order valence-corrected chi connectivity index (χ3v) is 3.51. The Morgan fingerprint density at radius 2 is 2.27 bits per heavy atom. The molecule has 86 valence electrons. The average Bonchev–Trinajstić information content (AvgIpc) is 2.69. The van der Waals surface area contributed by atoms with Crippen LogP contribution in [0.5, 0.6) is 0 Å². The smallest absolute Gasteiger partial charge is 0.0802 e. The highest BCUT2D eigenvalue weighted by atomic mass is 35.5. The summed E-state index contributed by atoms with van der Waals surface area (Å²) in [5.74, 6) is 0.299. The number of aliphatic hydroxyl groups excluding tert-OH is 1. The average molecular weight is 248 g/mol. The van der Waals surface area contributed by atoms with Crippen LogP contribution in [-0.2, 0) is 6.54 Å². The van der Waals surface area contributed by atoms with Crippen LogP contribution in [0.15, 0.2) is 17.5 Å². The van der Waals surface area contributed by atoms with Gasteiger partial charge in [0, 0.05) is 29.9 Å². The van der Waals surface area contributed by atoms with Gasteiger partial charge in [-0.1, -0.05) is 6.07 Å². The number of hydrogen-bond acceptors (Lipinski definition) is 3. The van der Waals surface area contributed by atoms with Gasteiger partial charge >= 0.3 is 0 Å². The Hall–Kier alpha value is -0.0900. The molecule has 0 aromatic carbocycles. The van der Waals surface area contributed by atoms with Crippen LogP contribution in [0.4, 0.5) is 0 Å². The first-order chi connectivity index (χ1) is 7.13. The molecular formula is C11H18ClNOS. The predicted molar refractivity (Wildman–Crippen MR) is 66.6 cm³/mol. The summed E-state index contributed by atoms with van der Waals surface area (Å²) in [6.07, 6.45) is -0.436. The molecule has 1 aromatic heterocycles. The molecule has 0 aliphatic carbocycles. The van der Waals surface area contributed by atoms with Gasteiger partial charge in [0.2, 0.25) is 0 Å². The Balaban J connectivity index is 2.51. The van der Waals surface area contributed by atoms with Crippen molar-refractivity contribution in [3.05, 3.63) is 22.4 Å². The lowest BCUT2D eigenvalue weighted by molar-refractivity contribution is 0.105. The standard InChI is InChI=1S/C11H18ClNOS/c1-9(2)13(7-10(14)6-12)8-11-4-3-5-15-11/h3-5,9-10,14H,6-8H2,1-2H3. The van der Waals surface area contributed by atoms with Crippen molar-refractivity contribution >= 4 is 22.9 Å². The Kier molecular flexibility index (Phi) is 5.61. The highest BCUT2D eigenvalue weighted by Gasteiger charge is 2.14. The Morgan fingerprint density at radius 1 is 1.53 bits per heavy atom. The van der Waals surface area contributed by atoms with Gasteiger partial charge in [-0.2, -0.15) is 0 Å². The molecule has 0 saturated heterocycles. The van der Waals surface area contributed by atoms with E-state index in [2.05, 4.69) is 36.3 Å². The predicted octanol–water partition coefficient (Wildman–Crippen LogP) is 2.56. The maximum Gasteiger partial charge on any atom is 0.0802 e. The molecule has 1 rings (SSSR count). The lowest BCUT2D eigenvalue weighted by Gasteiger charge is -2.27. The number of thiophene rings is 1. The van der Waals surface area contributed by atoms with Gasteiger partial charge in [-0.25, -0.2) is 0 Å². The van der Waals surface area contributed by atoms with Crippen molar-refractivity contribution in [3.8, 4) is 0 Å². The normalized spacial score (nSPS) is 13.7. The molecule has 1 aromatic rings. The molecule has 0 amide bonds. The lowest BCUT2D eigenvalue weighted by Crippen LogP contribution is -2.37. The van der Waals surface area contributed by atoms with E-state index in [1.54, 1.807) is 11.3 Å². The van der Waals surface area contributed by atoms with Crippen molar-refractivity contribution in [2.24, 2.45) is 0 Å². The van der Waals surface area contributed by atoms with Gasteiger partial charge in [0.05, 0.1) is 6.10 Å². The largest absolute Gasteiger partial charge is 0.391 e. The second-order valence-corrected chi connectivity index (χ2v) is 5.25. The Morgan fingerprint density at radius 3 is 2.73 bits per heavy atom. The van der Waals surface area contributed by atoms with E-state index >= 15 is 0 Å². The molecule has 1 N–H and O–H groups in total. The molecule has 2 nitrogen and oxygen atoms in total. The molecular weight excluding hydrogens is 230 g/mol. The van der Waals surface area contributed by atoms with Crippen LogP contribution in [0.25, 0.3) is 0 Å². The third kappa shape index (κ3) is 4.51. The SMILES string of the molecule is CC(C)N(Cc1cccs1)CC(O)CCl. The van der Waals surface area contributed by atoms with Crippen molar-refractivity contribution in [1.29, 1.82) is 0 Å². The number of rotatable bonds is 6. The molecule has 0 bridgehead atoms. The Labute approximate surface area is 100 Å². The second-order valence-electron chi connectivity index (χ2n) is 3.91. The van der Waals surface area contributed by atoms with Crippen LogP contribution in [0.3, 0.4) is 0 Å². The minimum absolute atomic E-state index is 0.299. The fourth-order valence-electron chi connectivity index (χ4n) is 1.38. The quantitative estimate of drug-likeness (QED) is 0.781. The minimum Gasteiger partial charge on any atom is -0.391 e. The van der Waals surface area contributed by atoms with E-state index in [1.807, 2.05) is 0 Å². The van der Waals surface area contributed by atoms with E-state index in [-0.39, 0.29) is 0 Å². The van der Waals surface area contributed by atoms with Crippen molar-refractivity contribution in [2.45, 2.75) is 32.5 Å². The summed E-state index contributed by atoms with van der Waals surface area (Å²) in [4.78, 5) is 3.56. The summed E-state index contributed by atoms with van der Waals surface area (Å²) in [6, 6.07) is 4.59. The number of alkyl halides is 1. The van der Waals surface area contributed by atoms with E-state index in [0.29, 0.717) is 18.5 Å². The van der Waals surface area contributed by atoms with Crippen molar-refractivity contribution in [3.63, 3.8) is 0 Å². The van der Waals surface area contributed by atoms with Crippen LogP contribution >= 0.6 is 22.9 Å². The fourth-order valence-corrected chi connectivity index (χ4v) is 2.21. The van der Waals surface area contributed by atoms with Crippen LogP contribution in [-0.4, -0.2) is 34.6 Å². The van der Waals surface area contributed by atoms with Gasteiger partial charge < -0.3 is 5.11 Å². The van der Waals surface area contributed by atoms with Crippen molar-refractivity contribution in [1.82, 2.24) is 4.90 Å². The zero-order valence-electron chi connectivity index (χ0n) is 9.19. The van der Waals surface area contributed by atoms with E-state index in [4.69, 9.17) is 11.6 Å². The van der Waals surface area contributed by atoms with Gasteiger partial charge in [0.25, 0.3) is 0 Å². The van der Waals surface area contributed by atoms with Gasteiger partial charge in [0.15, 0.2) is 0 Å². The first-order valence-corrected chi connectivity index (χ1v) is 6.55. The fraction of sp³-hybridized carbons (Fsp3) is 0.636. The van der Waals surface area contributed by atoms with Crippen LogP contribution < -0.4 is 0 Å². The highest BCUT2D eigenvalue weighted by Crippen LogP contribution is 2.14. The number of nitrogens with zero attached hydrogens (tertiary/aromatic N) is 1. The van der Waals surface area contributed by atoms with Crippen molar-refractivity contribution < 1.29 is 5.11 Å². The maximum atomic E-state index is 9.54. The zero-order valence-corrected chi connectivity index (χ0v) is 10.8. The summed E-state index contributed by atoms with van der Waals surface area (Å²) in [5.41, 5.74) is 0. The molecule has 15 heavy (non-hydrogen) atoms. The number of halogens is 1. The molecule has 0 saturated carbocycles. The molecule has 0 radical (unpaired) electrons. The molecule has 1 atom stereocenters.